The van der Waals surface area contributed by atoms with Crippen LogP contribution in [0.5, 0.6) is 0 Å². The topological polar surface area (TPSA) is 12.0 Å². The van der Waals surface area contributed by atoms with E-state index in [2.05, 4.69) is 46.4 Å². The van der Waals surface area contributed by atoms with Gasteiger partial charge in [0.15, 0.2) is 0 Å². The summed E-state index contributed by atoms with van der Waals surface area (Å²) in [7, 11) is 0. The van der Waals surface area contributed by atoms with Gasteiger partial charge >= 0.3 is 0 Å². The number of benzene rings is 1. The normalized spacial score (nSPS) is 16.8. The number of rotatable bonds is 2. The average Bonchev–Trinajstić information content (AvgIpc) is 2.03. The van der Waals surface area contributed by atoms with Gasteiger partial charge in [-0.25, -0.2) is 0 Å². The predicted molar refractivity (Wildman–Crippen MR) is 60.1 cm³/mol. The van der Waals surface area contributed by atoms with Crippen LogP contribution in [0.25, 0.3) is 0 Å². The van der Waals surface area contributed by atoms with Gasteiger partial charge in [0.25, 0.3) is 0 Å². The molecular formula is C11H14BrN. The van der Waals surface area contributed by atoms with Crippen LogP contribution in [0.15, 0.2) is 22.7 Å². The Kier molecular flexibility index (Phi) is 2.58. The van der Waals surface area contributed by atoms with E-state index in [0.29, 0.717) is 6.04 Å². The minimum atomic E-state index is 0.716. The largest absolute Gasteiger partial charge is 0.382 e. The van der Waals surface area contributed by atoms with Gasteiger partial charge in [-0.05, 0) is 43.9 Å². The number of halogens is 1. The molecule has 1 aliphatic rings. The number of hydrogen-bond donors (Lipinski definition) is 1. The summed E-state index contributed by atoms with van der Waals surface area (Å²) < 4.78 is 1.15. The van der Waals surface area contributed by atoms with E-state index in [9.17, 15) is 0 Å². The highest BCUT2D eigenvalue weighted by Gasteiger charge is 2.17. The minimum Gasteiger partial charge on any atom is -0.382 e. The zero-order valence-electron chi connectivity index (χ0n) is 7.81. The Morgan fingerprint density at radius 2 is 2.15 bits per heavy atom. The summed E-state index contributed by atoms with van der Waals surface area (Å²) in [4.78, 5) is 0. The molecule has 1 fully saturated rings. The second kappa shape index (κ2) is 3.70. The van der Waals surface area contributed by atoms with Crippen molar-refractivity contribution >= 4 is 21.6 Å². The summed E-state index contributed by atoms with van der Waals surface area (Å²) in [6.07, 6.45) is 4.03. The van der Waals surface area contributed by atoms with Crippen LogP contribution in [0.4, 0.5) is 5.69 Å². The molecule has 70 valence electrons. The second-order valence-electron chi connectivity index (χ2n) is 3.73. The van der Waals surface area contributed by atoms with Gasteiger partial charge in [0.2, 0.25) is 0 Å². The van der Waals surface area contributed by atoms with Crippen LogP contribution in [0.3, 0.4) is 0 Å². The van der Waals surface area contributed by atoms with Crippen molar-refractivity contribution in [1.82, 2.24) is 0 Å². The molecule has 1 nitrogen and oxygen atoms in total. The molecule has 1 saturated carbocycles. The fourth-order valence-corrected chi connectivity index (χ4v) is 1.88. The highest BCUT2D eigenvalue weighted by atomic mass is 79.9. The Hall–Kier alpha value is -0.500. The molecule has 0 amide bonds. The maximum absolute atomic E-state index is 3.56. The molecule has 0 saturated heterocycles. The Balaban J connectivity index is 2.13. The Morgan fingerprint density at radius 1 is 1.38 bits per heavy atom. The molecule has 2 heteroatoms. The van der Waals surface area contributed by atoms with Crippen LogP contribution in [0.2, 0.25) is 0 Å². The molecule has 0 atom stereocenters. The molecule has 2 rings (SSSR count). The first-order valence-corrected chi connectivity index (χ1v) is 5.58. The van der Waals surface area contributed by atoms with E-state index in [1.807, 2.05) is 0 Å². The van der Waals surface area contributed by atoms with Crippen LogP contribution < -0.4 is 5.32 Å². The highest BCUT2D eigenvalue weighted by molar-refractivity contribution is 9.10. The Morgan fingerprint density at radius 3 is 2.77 bits per heavy atom. The quantitative estimate of drug-likeness (QED) is 0.830. The van der Waals surface area contributed by atoms with Gasteiger partial charge < -0.3 is 5.32 Å². The van der Waals surface area contributed by atoms with E-state index < -0.39 is 0 Å². The third-order valence-electron chi connectivity index (χ3n) is 2.66. The second-order valence-corrected chi connectivity index (χ2v) is 4.65. The molecule has 1 N–H and O–H groups in total. The lowest BCUT2D eigenvalue weighted by atomic mass is 9.93. The fraction of sp³-hybridized carbons (Fsp3) is 0.455. The third kappa shape index (κ3) is 2.05. The molecule has 0 radical (unpaired) electrons. The van der Waals surface area contributed by atoms with E-state index >= 15 is 0 Å². The molecule has 0 heterocycles. The number of hydrogen-bond acceptors (Lipinski definition) is 1. The zero-order valence-corrected chi connectivity index (χ0v) is 9.39. The molecule has 13 heavy (non-hydrogen) atoms. The first-order chi connectivity index (χ1) is 6.25. The van der Waals surface area contributed by atoms with Crippen molar-refractivity contribution in [2.24, 2.45) is 0 Å². The van der Waals surface area contributed by atoms with Crippen molar-refractivity contribution in [2.75, 3.05) is 5.32 Å². The van der Waals surface area contributed by atoms with Gasteiger partial charge in [-0.15, -0.1) is 0 Å². The lowest BCUT2D eigenvalue weighted by Crippen LogP contribution is -2.27. The molecule has 0 spiro atoms. The maximum Gasteiger partial charge on any atom is 0.0383 e. The first kappa shape index (κ1) is 9.07. The summed E-state index contributed by atoms with van der Waals surface area (Å²) in [5.74, 6) is 0. The number of anilines is 1. The fourth-order valence-electron chi connectivity index (χ4n) is 1.52. The van der Waals surface area contributed by atoms with Crippen molar-refractivity contribution in [3.63, 3.8) is 0 Å². The van der Waals surface area contributed by atoms with E-state index in [-0.39, 0.29) is 0 Å². The number of nitrogens with one attached hydrogen (secondary N) is 1. The van der Waals surface area contributed by atoms with Crippen LogP contribution in [0, 0.1) is 6.92 Å². The van der Waals surface area contributed by atoms with E-state index in [1.54, 1.807) is 0 Å². The van der Waals surface area contributed by atoms with E-state index in [1.165, 1.54) is 30.5 Å². The smallest absolute Gasteiger partial charge is 0.0383 e. The standard InChI is InChI=1S/C11H14BrN/c1-8-5-6-9(12)7-11(8)13-10-3-2-4-10/h5-7,10,13H,2-4H2,1H3. The predicted octanol–water partition coefficient (Wildman–Crippen LogP) is 3.72. The SMILES string of the molecule is Cc1ccc(Br)cc1NC1CCC1. The van der Waals surface area contributed by atoms with Gasteiger partial charge in [0, 0.05) is 16.2 Å². The maximum atomic E-state index is 3.56. The summed E-state index contributed by atoms with van der Waals surface area (Å²) >= 11 is 3.49. The Labute approximate surface area is 87.7 Å². The van der Waals surface area contributed by atoms with Crippen LogP contribution in [0.1, 0.15) is 24.8 Å². The molecule has 1 aliphatic carbocycles. The van der Waals surface area contributed by atoms with E-state index in [0.717, 1.165) is 4.47 Å². The van der Waals surface area contributed by atoms with Crippen molar-refractivity contribution in [3.05, 3.63) is 28.2 Å². The Bertz CT molecular complexity index is 305. The summed E-state index contributed by atoms with van der Waals surface area (Å²) in [5, 5.41) is 3.56. The van der Waals surface area contributed by atoms with Crippen molar-refractivity contribution in [1.29, 1.82) is 0 Å². The van der Waals surface area contributed by atoms with Gasteiger partial charge in [-0.3, -0.25) is 0 Å². The molecular weight excluding hydrogens is 226 g/mol. The van der Waals surface area contributed by atoms with Crippen LogP contribution in [-0.2, 0) is 0 Å². The van der Waals surface area contributed by atoms with Crippen molar-refractivity contribution in [3.8, 4) is 0 Å². The van der Waals surface area contributed by atoms with Crippen molar-refractivity contribution < 1.29 is 0 Å². The lowest BCUT2D eigenvalue weighted by molar-refractivity contribution is 0.445. The monoisotopic (exact) mass is 239 g/mol. The van der Waals surface area contributed by atoms with Crippen LogP contribution >= 0.6 is 15.9 Å². The molecule has 1 aromatic rings. The number of aryl methyl sites for hydroxylation is 1. The van der Waals surface area contributed by atoms with E-state index in [4.69, 9.17) is 0 Å². The van der Waals surface area contributed by atoms with Gasteiger partial charge in [0.05, 0.1) is 0 Å². The third-order valence-corrected chi connectivity index (χ3v) is 3.16. The molecule has 0 aromatic heterocycles. The highest BCUT2D eigenvalue weighted by Crippen LogP contribution is 2.27. The van der Waals surface area contributed by atoms with Gasteiger partial charge in [0.1, 0.15) is 0 Å². The van der Waals surface area contributed by atoms with Crippen molar-refractivity contribution in [2.45, 2.75) is 32.2 Å². The summed E-state index contributed by atoms with van der Waals surface area (Å²) in [6, 6.07) is 7.10. The zero-order chi connectivity index (χ0) is 9.26. The van der Waals surface area contributed by atoms with Gasteiger partial charge in [-0.2, -0.15) is 0 Å². The molecule has 0 unspecified atom stereocenters. The summed E-state index contributed by atoms with van der Waals surface area (Å²) in [5.41, 5.74) is 2.61. The molecule has 1 aromatic carbocycles. The molecule has 0 aliphatic heterocycles. The first-order valence-electron chi connectivity index (χ1n) is 4.78. The van der Waals surface area contributed by atoms with Gasteiger partial charge in [-0.1, -0.05) is 22.0 Å². The average molecular weight is 240 g/mol. The lowest BCUT2D eigenvalue weighted by Gasteiger charge is -2.28. The molecule has 0 bridgehead atoms. The minimum absolute atomic E-state index is 0.716. The van der Waals surface area contributed by atoms with Crippen LogP contribution in [-0.4, -0.2) is 6.04 Å². The summed E-state index contributed by atoms with van der Waals surface area (Å²) in [6.45, 7) is 2.15.